The molecule has 2 rings (SSSR count). The van der Waals surface area contributed by atoms with Crippen LogP contribution in [0.4, 0.5) is 5.69 Å². The number of hydrogen-bond donors (Lipinski definition) is 2. The Morgan fingerprint density at radius 2 is 2.07 bits per heavy atom. The highest BCUT2D eigenvalue weighted by Gasteiger charge is 2.08. The van der Waals surface area contributed by atoms with Gasteiger partial charge in [0.1, 0.15) is 11.6 Å². The van der Waals surface area contributed by atoms with Gasteiger partial charge in [0.15, 0.2) is 5.82 Å². The normalized spacial score (nSPS) is 10.5. The van der Waals surface area contributed by atoms with Gasteiger partial charge in [0, 0.05) is 12.6 Å². The molecule has 0 fully saturated rings. The maximum atomic E-state index is 9.48. The zero-order valence-corrected chi connectivity index (χ0v) is 8.60. The lowest BCUT2D eigenvalue weighted by molar-refractivity contribution is 0.478. The van der Waals surface area contributed by atoms with Gasteiger partial charge in [0.05, 0.1) is 5.69 Å². The summed E-state index contributed by atoms with van der Waals surface area (Å²) in [5.74, 6) is 1.59. The van der Waals surface area contributed by atoms with E-state index in [1.54, 1.807) is 18.2 Å². The summed E-state index contributed by atoms with van der Waals surface area (Å²) in [7, 11) is 1.87. The third kappa shape index (κ3) is 1.52. The number of nitrogen functional groups attached to an aromatic ring is 1. The SMILES string of the molecule is Cc1nnc(-c2ccc(N)c(O)c2)n1C. The van der Waals surface area contributed by atoms with E-state index in [0.717, 1.165) is 11.4 Å². The standard InChI is InChI=1S/C10H12N4O/c1-6-12-13-10(14(6)2)7-3-4-8(11)9(15)5-7/h3-5,15H,11H2,1-2H3. The molecule has 2 aromatic rings. The molecule has 1 aromatic heterocycles. The van der Waals surface area contributed by atoms with Crippen LogP contribution in [0.25, 0.3) is 11.4 Å². The van der Waals surface area contributed by atoms with Crippen LogP contribution in [-0.2, 0) is 7.05 Å². The van der Waals surface area contributed by atoms with E-state index in [9.17, 15) is 5.11 Å². The predicted octanol–water partition coefficient (Wildman–Crippen LogP) is 1.08. The van der Waals surface area contributed by atoms with E-state index < -0.39 is 0 Å². The lowest BCUT2D eigenvalue weighted by atomic mass is 10.2. The average molecular weight is 204 g/mol. The highest BCUT2D eigenvalue weighted by Crippen LogP contribution is 2.26. The van der Waals surface area contributed by atoms with Crippen LogP contribution in [0.15, 0.2) is 18.2 Å². The summed E-state index contributed by atoms with van der Waals surface area (Å²) >= 11 is 0. The van der Waals surface area contributed by atoms with Gasteiger partial charge < -0.3 is 15.4 Å². The minimum absolute atomic E-state index is 0.0631. The van der Waals surface area contributed by atoms with Crippen LogP contribution in [0.5, 0.6) is 5.75 Å². The molecule has 0 unspecified atom stereocenters. The second-order valence-electron chi connectivity index (χ2n) is 3.40. The van der Waals surface area contributed by atoms with Crippen molar-refractivity contribution in [2.24, 2.45) is 7.05 Å². The summed E-state index contributed by atoms with van der Waals surface area (Å²) in [5, 5.41) is 17.4. The predicted molar refractivity (Wildman–Crippen MR) is 57.3 cm³/mol. The van der Waals surface area contributed by atoms with E-state index in [-0.39, 0.29) is 5.75 Å². The topological polar surface area (TPSA) is 77.0 Å². The highest BCUT2D eigenvalue weighted by molar-refractivity contribution is 5.65. The molecular weight excluding hydrogens is 192 g/mol. The molecule has 0 saturated carbocycles. The van der Waals surface area contributed by atoms with E-state index in [0.29, 0.717) is 11.5 Å². The molecule has 0 aliphatic heterocycles. The number of benzene rings is 1. The number of phenols is 1. The fourth-order valence-corrected chi connectivity index (χ4v) is 1.34. The molecule has 0 aliphatic rings. The number of phenolic OH excluding ortho intramolecular Hbond substituents is 1. The molecule has 3 N–H and O–H groups in total. The lowest BCUT2D eigenvalue weighted by Gasteiger charge is -2.03. The number of anilines is 1. The number of aromatic hydroxyl groups is 1. The van der Waals surface area contributed by atoms with E-state index in [1.807, 2.05) is 18.5 Å². The fraction of sp³-hybridized carbons (Fsp3) is 0.200. The van der Waals surface area contributed by atoms with Crippen LogP contribution in [0.1, 0.15) is 5.82 Å². The Kier molecular flexibility index (Phi) is 2.07. The summed E-state index contributed by atoms with van der Waals surface area (Å²) in [5.41, 5.74) is 6.67. The number of hydrogen-bond acceptors (Lipinski definition) is 4. The molecule has 0 saturated heterocycles. The smallest absolute Gasteiger partial charge is 0.163 e. The molecule has 0 bridgehead atoms. The summed E-state index contributed by atoms with van der Waals surface area (Å²) < 4.78 is 1.85. The van der Waals surface area contributed by atoms with Gasteiger partial charge >= 0.3 is 0 Å². The number of nitrogens with zero attached hydrogens (tertiary/aromatic N) is 3. The molecule has 5 nitrogen and oxygen atoms in total. The zero-order valence-electron chi connectivity index (χ0n) is 8.60. The van der Waals surface area contributed by atoms with Crippen molar-refractivity contribution in [3.8, 4) is 17.1 Å². The lowest BCUT2D eigenvalue weighted by Crippen LogP contribution is -1.95. The maximum absolute atomic E-state index is 9.48. The van der Waals surface area contributed by atoms with Crippen LogP contribution in [0.2, 0.25) is 0 Å². The van der Waals surface area contributed by atoms with Crippen molar-refractivity contribution in [2.45, 2.75) is 6.92 Å². The average Bonchev–Trinajstić information content (AvgIpc) is 2.53. The van der Waals surface area contributed by atoms with Gasteiger partial charge in [-0.3, -0.25) is 0 Å². The second kappa shape index (κ2) is 3.27. The molecule has 1 heterocycles. The van der Waals surface area contributed by atoms with Crippen LogP contribution >= 0.6 is 0 Å². The Labute approximate surface area is 87.2 Å². The van der Waals surface area contributed by atoms with Crippen molar-refractivity contribution >= 4 is 5.69 Å². The van der Waals surface area contributed by atoms with Crippen molar-refractivity contribution in [2.75, 3.05) is 5.73 Å². The molecule has 0 atom stereocenters. The summed E-state index contributed by atoms with van der Waals surface area (Å²) in [4.78, 5) is 0. The highest BCUT2D eigenvalue weighted by atomic mass is 16.3. The van der Waals surface area contributed by atoms with Crippen molar-refractivity contribution in [1.82, 2.24) is 14.8 Å². The van der Waals surface area contributed by atoms with Crippen molar-refractivity contribution in [3.05, 3.63) is 24.0 Å². The molecule has 0 radical (unpaired) electrons. The third-order valence-electron chi connectivity index (χ3n) is 2.38. The number of aromatic nitrogens is 3. The first-order valence-corrected chi connectivity index (χ1v) is 4.54. The van der Waals surface area contributed by atoms with Gasteiger partial charge in [-0.1, -0.05) is 0 Å². The fourth-order valence-electron chi connectivity index (χ4n) is 1.34. The van der Waals surface area contributed by atoms with Crippen molar-refractivity contribution in [1.29, 1.82) is 0 Å². The van der Waals surface area contributed by atoms with E-state index in [2.05, 4.69) is 10.2 Å². The zero-order chi connectivity index (χ0) is 11.0. The Bertz CT molecular complexity index is 504. The first-order chi connectivity index (χ1) is 7.09. The summed E-state index contributed by atoms with van der Waals surface area (Å²) in [6.07, 6.45) is 0. The molecule has 78 valence electrons. The molecular formula is C10H12N4O. The van der Waals surface area contributed by atoms with Crippen LogP contribution in [-0.4, -0.2) is 19.9 Å². The maximum Gasteiger partial charge on any atom is 0.163 e. The van der Waals surface area contributed by atoms with Gasteiger partial charge in [-0.25, -0.2) is 0 Å². The van der Waals surface area contributed by atoms with Crippen LogP contribution in [0, 0.1) is 6.92 Å². The largest absolute Gasteiger partial charge is 0.506 e. The quantitative estimate of drug-likeness (QED) is 0.538. The molecule has 0 aliphatic carbocycles. The van der Waals surface area contributed by atoms with Crippen LogP contribution < -0.4 is 5.73 Å². The molecule has 5 heteroatoms. The Morgan fingerprint density at radius 3 is 2.60 bits per heavy atom. The van der Waals surface area contributed by atoms with Crippen molar-refractivity contribution in [3.63, 3.8) is 0 Å². The monoisotopic (exact) mass is 204 g/mol. The minimum atomic E-state index is 0.0631. The van der Waals surface area contributed by atoms with Crippen molar-refractivity contribution < 1.29 is 5.11 Å². The van der Waals surface area contributed by atoms with E-state index in [4.69, 9.17) is 5.73 Å². The van der Waals surface area contributed by atoms with Gasteiger partial charge in [-0.15, -0.1) is 10.2 Å². The first kappa shape index (κ1) is 9.51. The minimum Gasteiger partial charge on any atom is -0.506 e. The van der Waals surface area contributed by atoms with Crippen LogP contribution in [0.3, 0.4) is 0 Å². The summed E-state index contributed by atoms with van der Waals surface area (Å²) in [6.45, 7) is 1.87. The molecule has 0 spiro atoms. The Morgan fingerprint density at radius 1 is 1.33 bits per heavy atom. The van der Waals surface area contributed by atoms with E-state index >= 15 is 0 Å². The van der Waals surface area contributed by atoms with Gasteiger partial charge in [0.2, 0.25) is 0 Å². The van der Waals surface area contributed by atoms with Gasteiger partial charge in [-0.05, 0) is 25.1 Å². The Hall–Kier alpha value is -2.04. The molecule has 1 aromatic carbocycles. The van der Waals surface area contributed by atoms with E-state index in [1.165, 1.54) is 0 Å². The molecule has 15 heavy (non-hydrogen) atoms. The third-order valence-corrected chi connectivity index (χ3v) is 2.38. The summed E-state index contributed by atoms with van der Waals surface area (Å²) in [6, 6.07) is 5.03. The number of nitrogens with two attached hydrogens (primary N) is 1. The Balaban J connectivity index is 2.55. The first-order valence-electron chi connectivity index (χ1n) is 4.54. The van der Waals surface area contributed by atoms with Gasteiger partial charge in [-0.2, -0.15) is 0 Å². The number of aryl methyl sites for hydroxylation is 1. The molecule has 0 amide bonds. The second-order valence-corrected chi connectivity index (χ2v) is 3.40. The van der Waals surface area contributed by atoms with Gasteiger partial charge in [0.25, 0.3) is 0 Å². The number of rotatable bonds is 1.